The summed E-state index contributed by atoms with van der Waals surface area (Å²) in [5, 5.41) is 11.0. The van der Waals surface area contributed by atoms with E-state index >= 15 is 0 Å². The smallest absolute Gasteiger partial charge is 0.407 e. The zero-order valence-electron chi connectivity index (χ0n) is 12.9. The van der Waals surface area contributed by atoms with Crippen molar-refractivity contribution in [2.24, 2.45) is 5.73 Å². The average Bonchev–Trinajstić information content (AvgIpc) is 2.56. The maximum absolute atomic E-state index is 12.6. The van der Waals surface area contributed by atoms with Gasteiger partial charge in [0.25, 0.3) is 6.43 Å². The minimum Gasteiger partial charge on any atom is -0.490 e. The third-order valence-corrected chi connectivity index (χ3v) is 3.15. The number of carbonyl (C=O) groups excluding carboxylic acids is 1. The van der Waals surface area contributed by atoms with E-state index in [1.54, 1.807) is 24.3 Å². The quantitative estimate of drug-likeness (QED) is 0.555. The van der Waals surface area contributed by atoms with E-state index in [2.05, 4.69) is 5.32 Å². The summed E-state index contributed by atoms with van der Waals surface area (Å²) in [4.78, 5) is 22.1. The van der Waals surface area contributed by atoms with Crippen molar-refractivity contribution in [1.29, 1.82) is 0 Å². The van der Waals surface area contributed by atoms with Crippen LogP contribution in [0.5, 0.6) is 5.75 Å². The molecule has 7 nitrogen and oxygen atoms in total. The molecule has 0 spiro atoms. The Labute approximate surface area is 137 Å². The first kappa shape index (κ1) is 19.6. The largest absolute Gasteiger partial charge is 0.490 e. The van der Waals surface area contributed by atoms with Gasteiger partial charge in [-0.2, -0.15) is 0 Å². The standard InChI is InChI=1S/C15H20F2N2O5/c16-12(17)15(18,13(20)21)7-4-8-19-14(22)24-10-9-23-11-5-2-1-3-6-11/h1-3,5-6,12H,4,7-10,18H2,(H,19,22)(H,20,21). The zero-order chi connectivity index (χ0) is 18.0. The maximum atomic E-state index is 12.6. The first-order valence-electron chi connectivity index (χ1n) is 7.25. The molecule has 0 saturated carbocycles. The number of ether oxygens (including phenoxy) is 2. The van der Waals surface area contributed by atoms with E-state index in [-0.39, 0.29) is 26.2 Å². The summed E-state index contributed by atoms with van der Waals surface area (Å²) in [6.45, 7) is 0.138. The molecule has 0 fully saturated rings. The molecule has 0 aromatic heterocycles. The Bertz CT molecular complexity index is 530. The maximum Gasteiger partial charge on any atom is 0.407 e. The number of alkyl halides is 2. The molecular weight excluding hydrogens is 326 g/mol. The van der Waals surface area contributed by atoms with Gasteiger partial charge < -0.3 is 25.6 Å². The lowest BCUT2D eigenvalue weighted by Gasteiger charge is -2.23. The van der Waals surface area contributed by atoms with Gasteiger partial charge in [0.1, 0.15) is 19.0 Å². The summed E-state index contributed by atoms with van der Waals surface area (Å²) in [7, 11) is 0. The van der Waals surface area contributed by atoms with Crippen molar-refractivity contribution in [2.75, 3.05) is 19.8 Å². The van der Waals surface area contributed by atoms with E-state index in [4.69, 9.17) is 20.3 Å². The molecule has 0 radical (unpaired) electrons. The number of carbonyl (C=O) groups is 2. The van der Waals surface area contributed by atoms with E-state index in [1.807, 2.05) is 6.07 Å². The summed E-state index contributed by atoms with van der Waals surface area (Å²) in [6.07, 6.45) is -4.45. The highest BCUT2D eigenvalue weighted by Gasteiger charge is 2.43. The molecule has 9 heteroatoms. The lowest BCUT2D eigenvalue weighted by Crippen LogP contribution is -2.54. The van der Waals surface area contributed by atoms with Crippen molar-refractivity contribution in [3.8, 4) is 5.75 Å². The Hall–Kier alpha value is -2.42. The van der Waals surface area contributed by atoms with Crippen LogP contribution in [0.15, 0.2) is 30.3 Å². The molecule has 0 aliphatic rings. The molecule has 134 valence electrons. The number of para-hydroxylation sites is 1. The Kier molecular flexibility index (Phi) is 7.90. The van der Waals surface area contributed by atoms with E-state index in [1.165, 1.54) is 0 Å². The lowest BCUT2D eigenvalue weighted by atomic mass is 9.95. The number of aliphatic carboxylic acids is 1. The highest BCUT2D eigenvalue weighted by Crippen LogP contribution is 2.19. The van der Waals surface area contributed by atoms with E-state index in [9.17, 15) is 18.4 Å². The third-order valence-electron chi connectivity index (χ3n) is 3.15. The molecule has 24 heavy (non-hydrogen) atoms. The lowest BCUT2D eigenvalue weighted by molar-refractivity contribution is -0.150. The summed E-state index contributed by atoms with van der Waals surface area (Å²) in [6, 6.07) is 8.95. The van der Waals surface area contributed by atoms with Crippen molar-refractivity contribution in [1.82, 2.24) is 5.32 Å². The van der Waals surface area contributed by atoms with Crippen LogP contribution < -0.4 is 15.8 Å². The Morgan fingerprint density at radius 1 is 1.25 bits per heavy atom. The molecule has 4 N–H and O–H groups in total. The normalized spacial score (nSPS) is 13.2. The van der Waals surface area contributed by atoms with Crippen LogP contribution in [0.3, 0.4) is 0 Å². The van der Waals surface area contributed by atoms with Crippen LogP contribution in [-0.4, -0.2) is 48.9 Å². The van der Waals surface area contributed by atoms with Gasteiger partial charge in [0.05, 0.1) is 0 Å². The summed E-state index contributed by atoms with van der Waals surface area (Å²) < 4.78 is 35.4. The first-order valence-corrected chi connectivity index (χ1v) is 7.25. The second-order valence-electron chi connectivity index (χ2n) is 4.97. The second-order valence-corrected chi connectivity index (χ2v) is 4.97. The fourth-order valence-corrected chi connectivity index (χ4v) is 1.74. The van der Waals surface area contributed by atoms with Crippen molar-refractivity contribution >= 4 is 12.1 Å². The average molecular weight is 346 g/mol. The van der Waals surface area contributed by atoms with Gasteiger partial charge in [-0.25, -0.2) is 18.4 Å². The van der Waals surface area contributed by atoms with Crippen molar-refractivity contribution in [3.05, 3.63) is 30.3 Å². The van der Waals surface area contributed by atoms with Gasteiger partial charge in [0, 0.05) is 6.54 Å². The summed E-state index contributed by atoms with van der Waals surface area (Å²) in [5.74, 6) is -1.14. The molecule has 0 heterocycles. The minimum atomic E-state index is -3.20. The van der Waals surface area contributed by atoms with Crippen molar-refractivity contribution < 1.29 is 33.0 Å². The number of carboxylic acids is 1. The van der Waals surface area contributed by atoms with Crippen molar-refractivity contribution in [3.63, 3.8) is 0 Å². The SMILES string of the molecule is NC(CCCNC(=O)OCCOc1ccccc1)(C(=O)O)C(F)F. The molecule has 0 saturated heterocycles. The number of alkyl carbamates (subject to hydrolysis) is 1. The number of hydrogen-bond donors (Lipinski definition) is 3. The number of carboxylic acid groups (broad SMARTS) is 1. The molecule has 0 bridgehead atoms. The van der Waals surface area contributed by atoms with E-state index in [0.717, 1.165) is 0 Å². The third kappa shape index (κ3) is 6.37. The molecule has 0 aliphatic heterocycles. The van der Waals surface area contributed by atoms with Crippen LogP contribution in [-0.2, 0) is 9.53 Å². The van der Waals surface area contributed by atoms with Crippen LogP contribution in [0, 0.1) is 0 Å². The predicted octanol–water partition coefficient (Wildman–Crippen LogP) is 1.62. The number of hydrogen-bond acceptors (Lipinski definition) is 5. The molecule has 1 rings (SSSR count). The van der Waals surface area contributed by atoms with Gasteiger partial charge in [-0.3, -0.25) is 0 Å². The fraction of sp³-hybridized carbons (Fsp3) is 0.467. The first-order chi connectivity index (χ1) is 11.4. The Morgan fingerprint density at radius 3 is 2.50 bits per heavy atom. The Balaban J connectivity index is 2.14. The predicted molar refractivity (Wildman–Crippen MR) is 81.1 cm³/mol. The van der Waals surface area contributed by atoms with Gasteiger partial charge in [-0.15, -0.1) is 0 Å². The topological polar surface area (TPSA) is 111 Å². The second kappa shape index (κ2) is 9.66. The molecule has 1 amide bonds. The molecule has 1 aromatic carbocycles. The summed E-state index contributed by atoms with van der Waals surface area (Å²) in [5.41, 5.74) is 2.53. The van der Waals surface area contributed by atoms with E-state index < -0.39 is 30.4 Å². The molecular formula is C15H20F2N2O5. The van der Waals surface area contributed by atoms with Crippen LogP contribution in [0.25, 0.3) is 0 Å². The van der Waals surface area contributed by atoms with Crippen LogP contribution >= 0.6 is 0 Å². The van der Waals surface area contributed by atoms with E-state index in [0.29, 0.717) is 5.75 Å². The number of nitrogens with two attached hydrogens (primary N) is 1. The molecule has 1 atom stereocenters. The summed E-state index contributed by atoms with van der Waals surface area (Å²) >= 11 is 0. The molecule has 1 unspecified atom stereocenters. The number of nitrogens with one attached hydrogen (secondary N) is 1. The highest BCUT2D eigenvalue weighted by molar-refractivity contribution is 5.79. The van der Waals surface area contributed by atoms with Crippen molar-refractivity contribution in [2.45, 2.75) is 24.8 Å². The highest BCUT2D eigenvalue weighted by atomic mass is 19.3. The van der Waals surface area contributed by atoms with Crippen LogP contribution in [0.4, 0.5) is 13.6 Å². The zero-order valence-corrected chi connectivity index (χ0v) is 12.9. The minimum absolute atomic E-state index is 0.00765. The van der Waals surface area contributed by atoms with Gasteiger partial charge in [0.15, 0.2) is 5.54 Å². The van der Waals surface area contributed by atoms with Crippen LogP contribution in [0.1, 0.15) is 12.8 Å². The molecule has 1 aromatic rings. The van der Waals surface area contributed by atoms with Gasteiger partial charge in [-0.05, 0) is 25.0 Å². The Morgan fingerprint density at radius 2 is 1.92 bits per heavy atom. The molecule has 0 aliphatic carbocycles. The number of benzene rings is 1. The monoisotopic (exact) mass is 346 g/mol. The van der Waals surface area contributed by atoms with Crippen LogP contribution in [0.2, 0.25) is 0 Å². The number of rotatable bonds is 10. The number of amides is 1. The van der Waals surface area contributed by atoms with Gasteiger partial charge in [-0.1, -0.05) is 18.2 Å². The van der Waals surface area contributed by atoms with Gasteiger partial charge in [0.2, 0.25) is 0 Å². The number of halogens is 2. The van der Waals surface area contributed by atoms with Gasteiger partial charge >= 0.3 is 12.1 Å². The fourth-order valence-electron chi connectivity index (χ4n) is 1.74.